The Morgan fingerprint density at radius 2 is 0.872 bits per heavy atom. The summed E-state index contributed by atoms with van der Waals surface area (Å²) in [5.74, 6) is 0. The van der Waals surface area contributed by atoms with Crippen molar-refractivity contribution in [2.24, 2.45) is 0 Å². The predicted molar refractivity (Wildman–Crippen MR) is 198 cm³/mol. The first-order chi connectivity index (χ1) is 22.3. The number of unbranched alkanes of at least 4 members (excludes halogenated alkanes) is 1. The van der Waals surface area contributed by atoms with E-state index in [-0.39, 0.29) is 14.9 Å². The standard InChI is InChI=1S/C41H40N4.2CH4/c1-3-14-34(15-4-1)16-13-28-43-32-25-36(26-33-43)35-23-30-42(31-24-35)27-11-12-29-44-38-19-7-9-21-40(38)45(37-17-5-2-6-18-37)41-22-10-8-20-39(41)44;;/h1-10,14-15,17-26,30-33H,11-13,16,27-29H2;2*1H4/q+2;;. The molecule has 6 aromatic rings. The molecule has 0 atom stereocenters. The number of para-hydroxylation sites is 5. The third kappa shape index (κ3) is 7.61. The topological polar surface area (TPSA) is 14.2 Å². The van der Waals surface area contributed by atoms with Crippen molar-refractivity contribution in [3.63, 3.8) is 0 Å². The van der Waals surface area contributed by atoms with Crippen LogP contribution in [0.2, 0.25) is 0 Å². The molecule has 47 heavy (non-hydrogen) atoms. The fourth-order valence-corrected chi connectivity index (χ4v) is 6.39. The van der Waals surface area contributed by atoms with Gasteiger partial charge in [-0.05, 0) is 65.9 Å². The first kappa shape index (κ1) is 33.2. The van der Waals surface area contributed by atoms with Gasteiger partial charge in [0.1, 0.15) is 13.1 Å². The predicted octanol–water partition coefficient (Wildman–Crippen LogP) is 10.2. The molecule has 0 aliphatic carbocycles. The van der Waals surface area contributed by atoms with Gasteiger partial charge in [-0.1, -0.05) is 87.6 Å². The van der Waals surface area contributed by atoms with Crippen molar-refractivity contribution in [2.75, 3.05) is 16.3 Å². The molecule has 4 nitrogen and oxygen atoms in total. The number of aryl methyl sites for hydroxylation is 3. The maximum atomic E-state index is 2.50. The second-order valence-electron chi connectivity index (χ2n) is 11.7. The average Bonchev–Trinajstić information content (AvgIpc) is 3.11. The maximum absolute atomic E-state index is 2.50. The highest BCUT2D eigenvalue weighted by Crippen LogP contribution is 2.51. The first-order valence-electron chi connectivity index (χ1n) is 16.2. The number of pyridine rings is 2. The Morgan fingerprint density at radius 1 is 0.426 bits per heavy atom. The van der Waals surface area contributed by atoms with Gasteiger partial charge in [0.2, 0.25) is 0 Å². The molecule has 0 N–H and O–H groups in total. The van der Waals surface area contributed by atoms with Crippen LogP contribution < -0.4 is 18.9 Å². The number of fused-ring (bicyclic) bond motifs is 2. The summed E-state index contributed by atoms with van der Waals surface area (Å²) in [6, 6.07) is 47.9. The van der Waals surface area contributed by atoms with E-state index in [0.29, 0.717) is 0 Å². The second-order valence-corrected chi connectivity index (χ2v) is 11.7. The van der Waals surface area contributed by atoms with Crippen molar-refractivity contribution in [1.29, 1.82) is 0 Å². The molecule has 0 unspecified atom stereocenters. The van der Waals surface area contributed by atoms with E-state index in [1.54, 1.807) is 0 Å². The number of rotatable bonds is 11. The molecule has 4 aromatic carbocycles. The second kappa shape index (κ2) is 15.9. The van der Waals surface area contributed by atoms with E-state index in [4.69, 9.17) is 0 Å². The minimum absolute atomic E-state index is 0. The largest absolute Gasteiger partial charge is 0.338 e. The van der Waals surface area contributed by atoms with Crippen LogP contribution in [0.25, 0.3) is 11.1 Å². The Bertz CT molecular complexity index is 1770. The van der Waals surface area contributed by atoms with Crippen LogP contribution in [0.4, 0.5) is 28.4 Å². The molecule has 7 rings (SSSR count). The minimum atomic E-state index is 0. The van der Waals surface area contributed by atoms with Gasteiger partial charge < -0.3 is 9.80 Å². The zero-order chi connectivity index (χ0) is 30.3. The summed E-state index contributed by atoms with van der Waals surface area (Å²) in [5, 5.41) is 0. The van der Waals surface area contributed by atoms with Gasteiger partial charge in [-0.25, -0.2) is 9.13 Å². The van der Waals surface area contributed by atoms with Gasteiger partial charge in [0.25, 0.3) is 0 Å². The number of anilines is 5. The third-order valence-corrected chi connectivity index (χ3v) is 8.73. The van der Waals surface area contributed by atoms with Crippen molar-refractivity contribution >= 4 is 28.4 Å². The van der Waals surface area contributed by atoms with Crippen molar-refractivity contribution in [1.82, 2.24) is 0 Å². The molecule has 0 fully saturated rings. The quantitative estimate of drug-likeness (QED) is 0.106. The molecule has 238 valence electrons. The van der Waals surface area contributed by atoms with Crippen molar-refractivity contribution in [3.8, 4) is 11.1 Å². The lowest BCUT2D eigenvalue weighted by Crippen LogP contribution is -2.33. The number of hydrogen-bond acceptors (Lipinski definition) is 2. The lowest BCUT2D eigenvalue weighted by Gasteiger charge is -2.40. The van der Waals surface area contributed by atoms with E-state index in [1.165, 1.54) is 45.1 Å². The number of hydrogen-bond donors (Lipinski definition) is 0. The monoisotopic (exact) mass is 620 g/mol. The van der Waals surface area contributed by atoms with Crippen LogP contribution in [0.5, 0.6) is 0 Å². The van der Waals surface area contributed by atoms with Crippen LogP contribution in [0.15, 0.2) is 158 Å². The summed E-state index contributed by atoms with van der Waals surface area (Å²) >= 11 is 0. The highest BCUT2D eigenvalue weighted by atomic mass is 15.3. The molecule has 0 radical (unpaired) electrons. The molecule has 3 heterocycles. The molecular formula is C43H48N4+2. The fourth-order valence-electron chi connectivity index (χ4n) is 6.39. The van der Waals surface area contributed by atoms with Crippen LogP contribution in [-0.4, -0.2) is 6.54 Å². The SMILES string of the molecule is C.C.c1ccc(CCC[n+]2ccc(-c3cc[n+](CCCCN4c5ccccc5N(c5ccccc5)c5ccccc54)cc3)cc2)cc1. The summed E-state index contributed by atoms with van der Waals surface area (Å²) in [6.45, 7) is 3.01. The zero-order valence-corrected chi connectivity index (χ0v) is 25.7. The van der Waals surface area contributed by atoms with Crippen LogP contribution in [0, 0.1) is 0 Å². The van der Waals surface area contributed by atoms with Crippen molar-refractivity contribution < 1.29 is 9.13 Å². The number of benzene rings is 4. The van der Waals surface area contributed by atoms with Crippen molar-refractivity contribution in [2.45, 2.75) is 53.6 Å². The van der Waals surface area contributed by atoms with Gasteiger partial charge in [0, 0.05) is 49.3 Å². The normalized spacial score (nSPS) is 11.6. The summed E-state index contributed by atoms with van der Waals surface area (Å²) in [6.07, 6.45) is 13.3. The molecule has 0 saturated heterocycles. The summed E-state index contributed by atoms with van der Waals surface area (Å²) in [7, 11) is 0. The lowest BCUT2D eigenvalue weighted by atomic mass is 10.1. The molecule has 0 spiro atoms. The Hall–Kier alpha value is -5.22. The molecule has 1 aliphatic rings. The lowest BCUT2D eigenvalue weighted by molar-refractivity contribution is -0.697. The first-order valence-corrected chi connectivity index (χ1v) is 16.2. The average molecular weight is 621 g/mol. The Balaban J connectivity index is 0.00000217. The Morgan fingerprint density at radius 3 is 1.40 bits per heavy atom. The molecule has 1 aliphatic heterocycles. The van der Waals surface area contributed by atoms with Crippen LogP contribution in [-0.2, 0) is 19.5 Å². The van der Waals surface area contributed by atoms with E-state index >= 15 is 0 Å². The Kier molecular flexibility index (Phi) is 11.2. The highest BCUT2D eigenvalue weighted by molar-refractivity contribution is 5.97. The summed E-state index contributed by atoms with van der Waals surface area (Å²) in [4.78, 5) is 4.89. The zero-order valence-electron chi connectivity index (χ0n) is 25.7. The van der Waals surface area contributed by atoms with Crippen LogP contribution in [0.3, 0.4) is 0 Å². The molecular weight excluding hydrogens is 573 g/mol. The summed E-state index contributed by atoms with van der Waals surface area (Å²) in [5.41, 5.74) is 10.1. The van der Waals surface area contributed by atoms with E-state index in [0.717, 1.165) is 45.3 Å². The van der Waals surface area contributed by atoms with Crippen LogP contribution in [0.1, 0.15) is 39.7 Å². The van der Waals surface area contributed by atoms with Gasteiger partial charge in [-0.2, -0.15) is 0 Å². The van der Waals surface area contributed by atoms with E-state index in [1.807, 2.05) is 0 Å². The van der Waals surface area contributed by atoms with E-state index in [2.05, 4.69) is 177 Å². The highest BCUT2D eigenvalue weighted by Gasteiger charge is 2.28. The molecule has 4 heteroatoms. The van der Waals surface area contributed by atoms with Gasteiger partial charge in [0.05, 0.1) is 22.7 Å². The van der Waals surface area contributed by atoms with Gasteiger partial charge in [0.15, 0.2) is 24.8 Å². The fraction of sp³-hybridized carbons (Fsp3) is 0.209. The minimum Gasteiger partial charge on any atom is -0.338 e. The van der Waals surface area contributed by atoms with E-state index in [9.17, 15) is 0 Å². The molecule has 0 saturated carbocycles. The van der Waals surface area contributed by atoms with Crippen molar-refractivity contribution in [3.05, 3.63) is 164 Å². The Labute approximate surface area is 281 Å². The number of aromatic nitrogens is 2. The maximum Gasteiger partial charge on any atom is 0.169 e. The molecule has 0 amide bonds. The molecule has 2 aromatic heterocycles. The summed E-state index contributed by atoms with van der Waals surface area (Å²) < 4.78 is 4.60. The molecule has 0 bridgehead atoms. The smallest absolute Gasteiger partial charge is 0.169 e. The van der Waals surface area contributed by atoms with Gasteiger partial charge >= 0.3 is 0 Å². The van der Waals surface area contributed by atoms with Crippen LogP contribution >= 0.6 is 0 Å². The third-order valence-electron chi connectivity index (χ3n) is 8.73. The van der Waals surface area contributed by atoms with Gasteiger partial charge in [-0.15, -0.1) is 0 Å². The number of nitrogens with zero attached hydrogens (tertiary/aromatic N) is 4. The van der Waals surface area contributed by atoms with Gasteiger partial charge in [-0.3, -0.25) is 0 Å². The van der Waals surface area contributed by atoms with E-state index < -0.39 is 0 Å².